The number of ether oxygens (including phenoxy) is 2. The van der Waals surface area contributed by atoms with E-state index in [0.717, 1.165) is 19.3 Å². The van der Waals surface area contributed by atoms with Gasteiger partial charge in [0.25, 0.3) is 0 Å². The summed E-state index contributed by atoms with van der Waals surface area (Å²) in [7, 11) is 0. The Morgan fingerprint density at radius 2 is 2.19 bits per heavy atom. The number of allylic oxidation sites excluding steroid dienone is 1. The highest BCUT2D eigenvalue weighted by Crippen LogP contribution is 2.34. The zero-order valence-corrected chi connectivity index (χ0v) is 12.6. The van der Waals surface area contributed by atoms with Crippen molar-refractivity contribution in [1.82, 2.24) is 0 Å². The van der Waals surface area contributed by atoms with Crippen LogP contribution in [0.4, 0.5) is 0 Å². The number of aliphatic hydroxyl groups is 1. The summed E-state index contributed by atoms with van der Waals surface area (Å²) < 4.78 is 12.5. The first kappa shape index (κ1) is 12.4. The minimum Gasteiger partial charge on any atom is -0.454 e. The molecule has 0 saturated carbocycles. The third-order valence-electron chi connectivity index (χ3n) is 2.20. The smallest absolute Gasteiger partial charge is 0.231 e. The predicted molar refractivity (Wildman–Crippen MR) is 78.5 cm³/mol. The molecule has 0 aliphatic carbocycles. The van der Waals surface area contributed by atoms with E-state index in [-0.39, 0.29) is 6.79 Å². The molecule has 0 amide bonds. The van der Waals surface area contributed by atoms with Crippen LogP contribution in [-0.2, 0) is 0 Å². The molecule has 86 valence electrons. The second-order valence-corrected chi connectivity index (χ2v) is 5.45. The fourth-order valence-electron chi connectivity index (χ4n) is 1.41. The van der Waals surface area contributed by atoms with Gasteiger partial charge in [-0.2, -0.15) is 0 Å². The van der Waals surface area contributed by atoms with Crippen LogP contribution in [-0.4, -0.2) is 16.3 Å². The number of fused-ring (bicyclic) bond motifs is 1. The van der Waals surface area contributed by atoms with Gasteiger partial charge in [-0.1, -0.05) is 28.7 Å². The molecule has 1 aliphatic rings. The Bertz CT molecular complexity index is 418. The molecule has 5 heteroatoms. The van der Waals surface area contributed by atoms with Crippen molar-refractivity contribution in [2.45, 2.75) is 6.10 Å². The summed E-state index contributed by atoms with van der Waals surface area (Å²) in [6.07, 6.45) is 1.25. The molecule has 16 heavy (non-hydrogen) atoms. The zero-order chi connectivity index (χ0) is 11.5. The Morgan fingerprint density at radius 3 is 2.94 bits per heavy atom. The Balaban J connectivity index is 2.21. The summed E-state index contributed by atoms with van der Waals surface area (Å²) in [6.45, 7) is 0.260. The van der Waals surface area contributed by atoms with Crippen LogP contribution >= 0.6 is 45.2 Å². The fraction of sp³-hybridized carbons (Fsp3) is 0.273. The van der Waals surface area contributed by atoms with Gasteiger partial charge in [-0.3, -0.25) is 0 Å². The van der Waals surface area contributed by atoms with E-state index >= 15 is 0 Å². The summed E-state index contributed by atoms with van der Waals surface area (Å²) in [5, 5.41) is 9.97. The Morgan fingerprint density at radius 1 is 1.44 bits per heavy atom. The maximum atomic E-state index is 9.97. The maximum absolute atomic E-state index is 9.97. The molecular formula is C11H10I2O3. The Kier molecular flexibility index (Phi) is 4.31. The van der Waals surface area contributed by atoms with Crippen molar-refractivity contribution >= 4 is 45.2 Å². The fourth-order valence-corrected chi connectivity index (χ4v) is 2.00. The molecule has 1 aliphatic heterocycles. The van der Waals surface area contributed by atoms with Crippen LogP contribution in [0.5, 0.6) is 11.5 Å². The number of benzene rings is 1. The molecule has 1 aromatic carbocycles. The van der Waals surface area contributed by atoms with E-state index in [9.17, 15) is 5.11 Å². The van der Waals surface area contributed by atoms with E-state index in [2.05, 4.69) is 45.2 Å². The Hall–Kier alpha value is -0.0200. The summed E-state index contributed by atoms with van der Waals surface area (Å²) in [4.78, 5) is 0. The molecule has 1 heterocycles. The molecule has 0 saturated heterocycles. The highest BCUT2D eigenvalue weighted by molar-refractivity contribution is 14.1. The van der Waals surface area contributed by atoms with Crippen molar-refractivity contribution in [2.24, 2.45) is 0 Å². The quantitative estimate of drug-likeness (QED) is 0.576. The van der Waals surface area contributed by atoms with Crippen molar-refractivity contribution in [1.29, 1.82) is 0 Å². The standard InChI is InChI=1S/C11H10I2O3/c12-5-8(13)4-9(14)7-1-2-10-11(3-7)16-6-15-10/h1-4,9,14H,5-6H2/b8-4+. The summed E-state index contributed by atoms with van der Waals surface area (Å²) in [6, 6.07) is 5.50. The van der Waals surface area contributed by atoms with Gasteiger partial charge in [0.15, 0.2) is 11.5 Å². The number of halogens is 2. The van der Waals surface area contributed by atoms with E-state index in [4.69, 9.17) is 9.47 Å². The molecule has 0 aromatic heterocycles. The molecule has 1 N–H and O–H groups in total. The number of hydrogen-bond acceptors (Lipinski definition) is 3. The van der Waals surface area contributed by atoms with Crippen LogP contribution in [0.3, 0.4) is 0 Å². The SMILES string of the molecule is OC(/C=C(/I)CI)c1ccc2c(c1)OCO2. The second-order valence-electron chi connectivity index (χ2n) is 3.30. The first-order chi connectivity index (χ1) is 7.70. The molecule has 0 bridgehead atoms. The molecule has 0 spiro atoms. The Labute approximate surface area is 121 Å². The van der Waals surface area contributed by atoms with Crippen molar-refractivity contribution in [3.05, 3.63) is 33.4 Å². The largest absolute Gasteiger partial charge is 0.454 e. The van der Waals surface area contributed by atoms with Gasteiger partial charge in [-0.25, -0.2) is 0 Å². The molecule has 2 rings (SSSR count). The summed E-state index contributed by atoms with van der Waals surface area (Å²) in [5.41, 5.74) is 0.822. The van der Waals surface area contributed by atoms with Crippen molar-refractivity contribution in [3.63, 3.8) is 0 Å². The van der Waals surface area contributed by atoms with Crippen molar-refractivity contribution in [3.8, 4) is 11.5 Å². The first-order valence-corrected chi connectivity index (χ1v) is 7.31. The van der Waals surface area contributed by atoms with Crippen molar-refractivity contribution in [2.75, 3.05) is 11.2 Å². The van der Waals surface area contributed by atoms with Gasteiger partial charge in [0, 0.05) is 4.43 Å². The number of alkyl halides is 1. The second kappa shape index (κ2) is 5.54. The van der Waals surface area contributed by atoms with Crippen molar-refractivity contribution < 1.29 is 14.6 Å². The molecule has 0 radical (unpaired) electrons. The molecule has 1 unspecified atom stereocenters. The van der Waals surface area contributed by atoms with E-state index < -0.39 is 6.10 Å². The molecular weight excluding hydrogens is 434 g/mol. The van der Waals surface area contributed by atoms with Gasteiger partial charge in [-0.05, 0) is 49.9 Å². The minimum atomic E-state index is -0.587. The lowest BCUT2D eigenvalue weighted by atomic mass is 10.1. The average Bonchev–Trinajstić information content (AvgIpc) is 2.75. The lowest BCUT2D eigenvalue weighted by Crippen LogP contribution is -1.94. The molecule has 1 aromatic rings. The van der Waals surface area contributed by atoms with E-state index in [1.807, 2.05) is 24.3 Å². The van der Waals surface area contributed by atoms with Gasteiger partial charge >= 0.3 is 0 Å². The minimum absolute atomic E-state index is 0.260. The number of rotatable bonds is 3. The third-order valence-corrected chi connectivity index (χ3v) is 5.23. The van der Waals surface area contributed by atoms with E-state index in [0.29, 0.717) is 5.75 Å². The number of aliphatic hydroxyl groups excluding tert-OH is 1. The van der Waals surface area contributed by atoms with Crippen LogP contribution in [0.15, 0.2) is 27.9 Å². The average molecular weight is 444 g/mol. The maximum Gasteiger partial charge on any atom is 0.231 e. The van der Waals surface area contributed by atoms with Gasteiger partial charge in [-0.15, -0.1) is 0 Å². The zero-order valence-electron chi connectivity index (χ0n) is 8.32. The summed E-state index contributed by atoms with van der Waals surface area (Å²) in [5.74, 6) is 1.44. The summed E-state index contributed by atoms with van der Waals surface area (Å²) >= 11 is 4.49. The van der Waals surface area contributed by atoms with Crippen LogP contribution < -0.4 is 9.47 Å². The van der Waals surface area contributed by atoms with Crippen LogP contribution in [0, 0.1) is 0 Å². The lowest BCUT2D eigenvalue weighted by Gasteiger charge is -2.07. The van der Waals surface area contributed by atoms with Crippen LogP contribution in [0.1, 0.15) is 11.7 Å². The predicted octanol–water partition coefficient (Wildman–Crippen LogP) is 3.20. The van der Waals surface area contributed by atoms with Gasteiger partial charge in [0.05, 0.1) is 6.10 Å². The number of hydrogen-bond donors (Lipinski definition) is 1. The third kappa shape index (κ3) is 2.80. The first-order valence-electron chi connectivity index (χ1n) is 4.70. The normalized spacial score (nSPS) is 16.3. The van der Waals surface area contributed by atoms with E-state index in [1.54, 1.807) is 0 Å². The van der Waals surface area contributed by atoms with Crippen LogP contribution in [0.2, 0.25) is 0 Å². The van der Waals surface area contributed by atoms with E-state index in [1.165, 1.54) is 0 Å². The van der Waals surface area contributed by atoms with Gasteiger partial charge in [0.2, 0.25) is 6.79 Å². The van der Waals surface area contributed by atoms with Gasteiger partial charge < -0.3 is 14.6 Å². The monoisotopic (exact) mass is 444 g/mol. The lowest BCUT2D eigenvalue weighted by molar-refractivity contribution is 0.173. The highest BCUT2D eigenvalue weighted by Gasteiger charge is 2.15. The van der Waals surface area contributed by atoms with Gasteiger partial charge in [0.1, 0.15) is 0 Å². The molecule has 1 atom stereocenters. The molecule has 3 nitrogen and oxygen atoms in total. The van der Waals surface area contributed by atoms with Crippen LogP contribution in [0.25, 0.3) is 0 Å². The molecule has 0 fully saturated rings. The highest BCUT2D eigenvalue weighted by atomic mass is 127. The topological polar surface area (TPSA) is 38.7 Å².